The summed E-state index contributed by atoms with van der Waals surface area (Å²) >= 11 is 0. The van der Waals surface area contributed by atoms with Gasteiger partial charge in [-0.15, -0.1) is 0 Å². The average molecular weight is 276 g/mol. The van der Waals surface area contributed by atoms with Gasteiger partial charge >= 0.3 is 0 Å². The maximum absolute atomic E-state index is 5.86. The third kappa shape index (κ3) is 3.81. The highest BCUT2D eigenvalue weighted by Crippen LogP contribution is 2.33. The Bertz CT molecular complexity index is 419. The maximum Gasteiger partial charge on any atom is 0.0495 e. The molecule has 0 aliphatic carbocycles. The molecule has 3 unspecified atom stereocenters. The molecule has 0 aromatic heterocycles. The van der Waals surface area contributed by atoms with E-state index >= 15 is 0 Å². The molecule has 1 saturated heterocycles. The molecule has 1 fully saturated rings. The number of hydrogen-bond donors (Lipinski definition) is 2. The van der Waals surface area contributed by atoms with Crippen LogP contribution in [0.4, 0.5) is 0 Å². The van der Waals surface area contributed by atoms with Crippen LogP contribution in [-0.2, 0) is 11.2 Å². The van der Waals surface area contributed by atoms with Crippen molar-refractivity contribution < 1.29 is 4.74 Å². The summed E-state index contributed by atoms with van der Waals surface area (Å²) in [5.41, 5.74) is 5.75. The van der Waals surface area contributed by atoms with Crippen molar-refractivity contribution in [1.82, 2.24) is 5.43 Å². The highest BCUT2D eigenvalue weighted by Gasteiger charge is 2.30. The predicted molar refractivity (Wildman–Crippen MR) is 83.1 cm³/mol. The molecule has 0 saturated carbocycles. The van der Waals surface area contributed by atoms with Crippen molar-refractivity contribution in [2.45, 2.75) is 39.7 Å². The zero-order valence-corrected chi connectivity index (χ0v) is 12.9. The zero-order chi connectivity index (χ0) is 14.5. The summed E-state index contributed by atoms with van der Waals surface area (Å²) < 4.78 is 5.55. The summed E-state index contributed by atoms with van der Waals surface area (Å²) in [4.78, 5) is 0. The molecule has 1 aliphatic rings. The molecule has 3 N–H and O–H groups in total. The van der Waals surface area contributed by atoms with Crippen LogP contribution < -0.4 is 11.3 Å². The molecule has 1 aromatic carbocycles. The second-order valence-corrected chi connectivity index (χ2v) is 6.49. The maximum atomic E-state index is 5.86. The minimum atomic E-state index is 0.223. The summed E-state index contributed by atoms with van der Waals surface area (Å²) in [7, 11) is 0. The second kappa shape index (κ2) is 7.21. The third-order valence-electron chi connectivity index (χ3n) is 4.27. The lowest BCUT2D eigenvalue weighted by Crippen LogP contribution is -2.40. The first kappa shape index (κ1) is 15.5. The predicted octanol–water partition coefficient (Wildman–Crippen LogP) is 3.06. The highest BCUT2D eigenvalue weighted by atomic mass is 16.5. The van der Waals surface area contributed by atoms with Gasteiger partial charge in [0.05, 0.1) is 0 Å². The molecule has 2 rings (SSSR count). The molecule has 20 heavy (non-hydrogen) atoms. The summed E-state index contributed by atoms with van der Waals surface area (Å²) in [6, 6.07) is 9.09. The van der Waals surface area contributed by atoms with Crippen LogP contribution in [-0.4, -0.2) is 13.2 Å². The van der Waals surface area contributed by atoms with Gasteiger partial charge in [-0.2, -0.15) is 0 Å². The van der Waals surface area contributed by atoms with E-state index in [9.17, 15) is 0 Å². The topological polar surface area (TPSA) is 47.3 Å². The molecule has 0 amide bonds. The van der Waals surface area contributed by atoms with E-state index in [-0.39, 0.29) is 6.04 Å². The van der Waals surface area contributed by atoms with E-state index < -0.39 is 0 Å². The Morgan fingerprint density at radius 3 is 2.85 bits per heavy atom. The van der Waals surface area contributed by atoms with Crippen molar-refractivity contribution in [2.24, 2.45) is 23.6 Å². The number of nitrogens with two attached hydrogens (primary N) is 1. The molecule has 3 nitrogen and oxygen atoms in total. The molecule has 1 aliphatic heterocycles. The minimum absolute atomic E-state index is 0.223. The van der Waals surface area contributed by atoms with E-state index in [1.807, 2.05) is 0 Å². The van der Waals surface area contributed by atoms with E-state index in [1.54, 1.807) is 0 Å². The van der Waals surface area contributed by atoms with Crippen molar-refractivity contribution >= 4 is 0 Å². The smallest absolute Gasteiger partial charge is 0.0495 e. The van der Waals surface area contributed by atoms with Crippen LogP contribution in [0.25, 0.3) is 0 Å². The molecule has 112 valence electrons. The number of rotatable bonds is 5. The summed E-state index contributed by atoms with van der Waals surface area (Å²) in [5.74, 6) is 7.62. The SMILES string of the molecule is CC(C)Cc1cccc(C(NN)C2CCOCC2C)c1. The third-order valence-corrected chi connectivity index (χ3v) is 4.27. The van der Waals surface area contributed by atoms with Crippen molar-refractivity contribution in [3.05, 3.63) is 35.4 Å². The molecule has 3 atom stereocenters. The Kier molecular flexibility index (Phi) is 5.58. The van der Waals surface area contributed by atoms with Gasteiger partial charge in [-0.1, -0.05) is 45.0 Å². The van der Waals surface area contributed by atoms with Gasteiger partial charge in [-0.05, 0) is 41.7 Å². The van der Waals surface area contributed by atoms with Crippen LogP contribution in [0.1, 0.15) is 44.4 Å². The monoisotopic (exact) mass is 276 g/mol. The second-order valence-electron chi connectivity index (χ2n) is 6.49. The van der Waals surface area contributed by atoms with Gasteiger partial charge in [-0.25, -0.2) is 0 Å². The molecule has 0 spiro atoms. The molecule has 1 heterocycles. The molecular weight excluding hydrogens is 248 g/mol. The lowest BCUT2D eigenvalue weighted by molar-refractivity contribution is 0.0105. The quantitative estimate of drug-likeness (QED) is 0.642. The normalized spacial score (nSPS) is 24.9. The fourth-order valence-electron chi connectivity index (χ4n) is 3.24. The molecule has 0 radical (unpaired) electrons. The summed E-state index contributed by atoms with van der Waals surface area (Å²) in [6.45, 7) is 8.46. The lowest BCUT2D eigenvalue weighted by Gasteiger charge is -2.35. The Hall–Kier alpha value is -0.900. The Balaban J connectivity index is 2.18. The van der Waals surface area contributed by atoms with E-state index in [4.69, 9.17) is 10.6 Å². The highest BCUT2D eigenvalue weighted by molar-refractivity contribution is 5.27. The first-order chi connectivity index (χ1) is 9.61. The van der Waals surface area contributed by atoms with Gasteiger partial charge in [0.1, 0.15) is 0 Å². The van der Waals surface area contributed by atoms with Crippen molar-refractivity contribution in [3.63, 3.8) is 0 Å². The molecular formula is C17H28N2O. The van der Waals surface area contributed by atoms with Crippen LogP contribution in [0, 0.1) is 17.8 Å². The largest absolute Gasteiger partial charge is 0.381 e. The van der Waals surface area contributed by atoms with E-state index in [2.05, 4.69) is 50.5 Å². The fourth-order valence-corrected chi connectivity index (χ4v) is 3.24. The summed E-state index contributed by atoms with van der Waals surface area (Å²) in [6.07, 6.45) is 2.19. The first-order valence-electron chi connectivity index (χ1n) is 7.74. The first-order valence-corrected chi connectivity index (χ1v) is 7.74. The van der Waals surface area contributed by atoms with Gasteiger partial charge < -0.3 is 4.74 Å². The lowest BCUT2D eigenvalue weighted by atomic mass is 9.80. The van der Waals surface area contributed by atoms with Gasteiger partial charge in [-0.3, -0.25) is 11.3 Å². The average Bonchev–Trinajstić information content (AvgIpc) is 2.41. The van der Waals surface area contributed by atoms with Gasteiger partial charge in [0, 0.05) is 19.3 Å². The van der Waals surface area contributed by atoms with Crippen LogP contribution in [0.3, 0.4) is 0 Å². The number of hydrogen-bond acceptors (Lipinski definition) is 3. The van der Waals surface area contributed by atoms with Crippen LogP contribution in [0.5, 0.6) is 0 Å². The van der Waals surface area contributed by atoms with Crippen LogP contribution in [0.15, 0.2) is 24.3 Å². The van der Waals surface area contributed by atoms with Crippen molar-refractivity contribution in [2.75, 3.05) is 13.2 Å². The van der Waals surface area contributed by atoms with Crippen LogP contribution >= 0.6 is 0 Å². The van der Waals surface area contributed by atoms with Gasteiger partial charge in [0.2, 0.25) is 0 Å². The Morgan fingerprint density at radius 2 is 2.20 bits per heavy atom. The minimum Gasteiger partial charge on any atom is -0.381 e. The number of ether oxygens (including phenoxy) is 1. The molecule has 1 aromatic rings. The van der Waals surface area contributed by atoms with Gasteiger partial charge in [0.15, 0.2) is 0 Å². The van der Waals surface area contributed by atoms with Gasteiger partial charge in [0.25, 0.3) is 0 Å². The standard InChI is InChI=1S/C17H28N2O/c1-12(2)9-14-5-4-6-15(10-14)17(19-18)16-7-8-20-11-13(16)3/h4-6,10,12-13,16-17,19H,7-9,11,18H2,1-3H3. The van der Waals surface area contributed by atoms with E-state index in [0.29, 0.717) is 17.8 Å². The number of benzene rings is 1. The zero-order valence-electron chi connectivity index (χ0n) is 12.9. The Labute approximate surface area is 122 Å². The summed E-state index contributed by atoms with van der Waals surface area (Å²) in [5, 5.41) is 0. The van der Waals surface area contributed by atoms with Crippen molar-refractivity contribution in [3.8, 4) is 0 Å². The fraction of sp³-hybridized carbons (Fsp3) is 0.647. The van der Waals surface area contributed by atoms with E-state index in [1.165, 1.54) is 11.1 Å². The van der Waals surface area contributed by atoms with Crippen LogP contribution in [0.2, 0.25) is 0 Å². The Morgan fingerprint density at radius 1 is 1.40 bits per heavy atom. The number of nitrogens with one attached hydrogen (secondary N) is 1. The molecule has 0 bridgehead atoms. The van der Waals surface area contributed by atoms with Crippen molar-refractivity contribution in [1.29, 1.82) is 0 Å². The van der Waals surface area contributed by atoms with E-state index in [0.717, 1.165) is 26.1 Å². The number of hydrazine groups is 1. The molecule has 3 heteroatoms.